The van der Waals surface area contributed by atoms with Gasteiger partial charge >= 0.3 is 6.09 Å². The molecule has 5 heteroatoms. The van der Waals surface area contributed by atoms with E-state index in [0.29, 0.717) is 11.3 Å². The molecule has 80 valence electrons. The topological polar surface area (TPSA) is 78.3 Å². The van der Waals surface area contributed by atoms with Crippen LogP contribution in [0.2, 0.25) is 0 Å². The molecule has 0 aliphatic heterocycles. The van der Waals surface area contributed by atoms with Gasteiger partial charge in [-0.05, 0) is 24.3 Å². The van der Waals surface area contributed by atoms with Crippen molar-refractivity contribution in [1.29, 1.82) is 0 Å². The first-order chi connectivity index (χ1) is 7.09. The Morgan fingerprint density at radius 3 is 2.93 bits per heavy atom. The predicted octanol–water partition coefficient (Wildman–Crippen LogP) is 1.52. The van der Waals surface area contributed by atoms with Crippen LogP contribution in [0.5, 0.6) is 0 Å². The third-order valence-electron chi connectivity index (χ3n) is 1.67. The molecule has 0 aromatic heterocycles. The molecule has 0 radical (unpaired) electrons. The van der Waals surface area contributed by atoms with Crippen LogP contribution in [-0.2, 0) is 4.74 Å². The highest BCUT2D eigenvalue weighted by atomic mass is 19.1. The number of nitrogens with two attached hydrogens (primary N) is 2. The molecule has 0 heterocycles. The van der Waals surface area contributed by atoms with Gasteiger partial charge in [0.2, 0.25) is 0 Å². The Morgan fingerprint density at radius 2 is 2.27 bits per heavy atom. The molecule has 0 fully saturated rings. The SMILES string of the molecule is NC(=O)OCC=Cc1cc(F)ccc1N. The van der Waals surface area contributed by atoms with Crippen molar-refractivity contribution < 1.29 is 13.9 Å². The van der Waals surface area contributed by atoms with Gasteiger partial charge < -0.3 is 16.2 Å². The van der Waals surface area contributed by atoms with Crippen molar-refractivity contribution in [2.75, 3.05) is 12.3 Å². The first kappa shape index (κ1) is 11.0. The summed E-state index contributed by atoms with van der Waals surface area (Å²) >= 11 is 0. The number of primary amides is 1. The normalized spacial score (nSPS) is 10.5. The Labute approximate surface area is 86.3 Å². The van der Waals surface area contributed by atoms with Crippen LogP contribution in [0.15, 0.2) is 24.3 Å². The van der Waals surface area contributed by atoms with E-state index in [0.717, 1.165) is 0 Å². The average Bonchev–Trinajstić information content (AvgIpc) is 2.17. The van der Waals surface area contributed by atoms with E-state index in [4.69, 9.17) is 11.5 Å². The van der Waals surface area contributed by atoms with Crippen molar-refractivity contribution >= 4 is 17.9 Å². The van der Waals surface area contributed by atoms with Crippen molar-refractivity contribution in [2.24, 2.45) is 5.73 Å². The third-order valence-corrected chi connectivity index (χ3v) is 1.67. The van der Waals surface area contributed by atoms with Crippen molar-refractivity contribution in [1.82, 2.24) is 0 Å². The van der Waals surface area contributed by atoms with Crippen molar-refractivity contribution in [3.05, 3.63) is 35.7 Å². The van der Waals surface area contributed by atoms with Gasteiger partial charge in [-0.2, -0.15) is 0 Å². The zero-order valence-corrected chi connectivity index (χ0v) is 7.94. The zero-order valence-electron chi connectivity index (χ0n) is 7.94. The number of ether oxygens (including phenoxy) is 1. The summed E-state index contributed by atoms with van der Waals surface area (Å²) in [4.78, 5) is 10.2. The number of carbonyl (C=O) groups is 1. The molecule has 0 spiro atoms. The highest BCUT2D eigenvalue weighted by Gasteiger charge is 1.97. The van der Waals surface area contributed by atoms with Gasteiger partial charge in [-0.15, -0.1) is 0 Å². The van der Waals surface area contributed by atoms with E-state index >= 15 is 0 Å². The molecule has 1 aromatic rings. The van der Waals surface area contributed by atoms with Crippen LogP contribution in [0.25, 0.3) is 6.08 Å². The molecule has 0 bridgehead atoms. The van der Waals surface area contributed by atoms with E-state index in [1.54, 1.807) is 6.08 Å². The number of nitrogen functional groups attached to an aromatic ring is 1. The lowest BCUT2D eigenvalue weighted by atomic mass is 10.1. The number of rotatable bonds is 3. The second-order valence-electron chi connectivity index (χ2n) is 2.81. The maximum Gasteiger partial charge on any atom is 0.404 e. The van der Waals surface area contributed by atoms with Crippen molar-refractivity contribution in [2.45, 2.75) is 0 Å². The van der Waals surface area contributed by atoms with Gasteiger partial charge in [0.05, 0.1) is 0 Å². The number of halogens is 1. The Hall–Kier alpha value is -2.04. The van der Waals surface area contributed by atoms with Gasteiger partial charge in [0.25, 0.3) is 0 Å². The van der Waals surface area contributed by atoms with Crippen LogP contribution in [0.3, 0.4) is 0 Å². The lowest BCUT2D eigenvalue weighted by Gasteiger charge is -2.00. The van der Waals surface area contributed by atoms with Gasteiger partial charge in [0.1, 0.15) is 12.4 Å². The van der Waals surface area contributed by atoms with Crippen LogP contribution in [0.4, 0.5) is 14.9 Å². The fourth-order valence-electron chi connectivity index (χ4n) is 0.995. The number of carbonyl (C=O) groups excluding carboxylic acids is 1. The molecule has 1 amide bonds. The maximum absolute atomic E-state index is 12.8. The fourth-order valence-corrected chi connectivity index (χ4v) is 0.995. The molecule has 4 N–H and O–H groups in total. The van der Waals surface area contributed by atoms with Crippen LogP contribution in [0, 0.1) is 5.82 Å². The lowest BCUT2D eigenvalue weighted by Crippen LogP contribution is -2.12. The molecule has 1 rings (SSSR count). The molecule has 0 aliphatic carbocycles. The number of anilines is 1. The summed E-state index contributed by atoms with van der Waals surface area (Å²) in [7, 11) is 0. The number of hydrogen-bond acceptors (Lipinski definition) is 3. The Kier molecular flexibility index (Phi) is 3.68. The van der Waals surface area contributed by atoms with Crippen LogP contribution >= 0.6 is 0 Å². The molecule has 0 atom stereocenters. The Bertz CT molecular complexity index is 391. The van der Waals surface area contributed by atoms with E-state index in [1.807, 2.05) is 0 Å². The third kappa shape index (κ3) is 3.68. The number of amides is 1. The lowest BCUT2D eigenvalue weighted by molar-refractivity contribution is 0.169. The van der Waals surface area contributed by atoms with Crippen LogP contribution in [-0.4, -0.2) is 12.7 Å². The quantitative estimate of drug-likeness (QED) is 0.742. The number of benzene rings is 1. The van der Waals surface area contributed by atoms with Gasteiger partial charge in [0.15, 0.2) is 0 Å². The predicted molar refractivity (Wildman–Crippen MR) is 55.4 cm³/mol. The first-order valence-corrected chi connectivity index (χ1v) is 4.23. The minimum absolute atomic E-state index is 0.0330. The molecule has 1 aromatic carbocycles. The fraction of sp³-hybridized carbons (Fsp3) is 0.100. The van der Waals surface area contributed by atoms with Crippen LogP contribution in [0.1, 0.15) is 5.56 Å². The average molecular weight is 210 g/mol. The zero-order chi connectivity index (χ0) is 11.3. The second-order valence-corrected chi connectivity index (χ2v) is 2.81. The summed E-state index contributed by atoms with van der Waals surface area (Å²) in [5.74, 6) is -0.375. The van der Waals surface area contributed by atoms with Gasteiger partial charge in [-0.1, -0.05) is 6.08 Å². The van der Waals surface area contributed by atoms with Gasteiger partial charge in [-0.25, -0.2) is 9.18 Å². The van der Waals surface area contributed by atoms with E-state index in [1.165, 1.54) is 24.3 Å². The highest BCUT2D eigenvalue weighted by molar-refractivity contribution is 5.66. The smallest absolute Gasteiger partial charge is 0.404 e. The Balaban J connectivity index is 2.63. The summed E-state index contributed by atoms with van der Waals surface area (Å²) in [6, 6.07) is 4.02. The molecular weight excluding hydrogens is 199 g/mol. The molecule has 0 saturated heterocycles. The maximum atomic E-state index is 12.8. The van der Waals surface area contributed by atoms with E-state index < -0.39 is 6.09 Å². The summed E-state index contributed by atoms with van der Waals surface area (Å²) in [6.45, 7) is 0.0330. The van der Waals surface area contributed by atoms with Crippen LogP contribution < -0.4 is 11.5 Å². The molecule has 0 saturated carbocycles. The summed E-state index contributed by atoms with van der Waals surface area (Å²) in [5, 5.41) is 0. The largest absolute Gasteiger partial charge is 0.445 e. The molecule has 4 nitrogen and oxygen atoms in total. The first-order valence-electron chi connectivity index (χ1n) is 4.23. The van der Waals surface area contributed by atoms with Gasteiger partial charge in [0, 0.05) is 11.3 Å². The minimum atomic E-state index is -0.855. The van der Waals surface area contributed by atoms with E-state index in [9.17, 15) is 9.18 Å². The summed E-state index contributed by atoms with van der Waals surface area (Å²) in [6.07, 6.45) is 2.23. The second kappa shape index (κ2) is 4.99. The molecule has 0 unspecified atom stereocenters. The van der Waals surface area contributed by atoms with Crippen molar-refractivity contribution in [3.63, 3.8) is 0 Å². The minimum Gasteiger partial charge on any atom is -0.445 e. The number of hydrogen-bond donors (Lipinski definition) is 2. The summed E-state index contributed by atoms with van der Waals surface area (Å²) in [5.41, 5.74) is 11.3. The molecule has 15 heavy (non-hydrogen) atoms. The molecule has 0 aliphatic rings. The Morgan fingerprint density at radius 1 is 1.53 bits per heavy atom. The van der Waals surface area contributed by atoms with Crippen molar-refractivity contribution in [3.8, 4) is 0 Å². The van der Waals surface area contributed by atoms with E-state index in [2.05, 4.69) is 4.74 Å². The summed E-state index contributed by atoms with van der Waals surface area (Å²) < 4.78 is 17.2. The highest BCUT2D eigenvalue weighted by Crippen LogP contribution is 2.14. The monoisotopic (exact) mass is 210 g/mol. The van der Waals surface area contributed by atoms with E-state index in [-0.39, 0.29) is 12.4 Å². The standard InChI is InChI=1S/C10H11FN2O2/c11-8-3-4-9(12)7(6-8)2-1-5-15-10(13)14/h1-4,6H,5,12H2,(H2,13,14). The molecular formula is C10H11FN2O2. The van der Waals surface area contributed by atoms with Gasteiger partial charge in [-0.3, -0.25) is 0 Å².